The maximum Gasteiger partial charge on any atom is 0.254 e. The van der Waals surface area contributed by atoms with Crippen molar-refractivity contribution in [3.8, 4) is 0 Å². The molecule has 4 heteroatoms. The number of rotatable bonds is 0. The van der Waals surface area contributed by atoms with Crippen molar-refractivity contribution in [1.29, 1.82) is 0 Å². The van der Waals surface area contributed by atoms with Gasteiger partial charge in [-0.15, -0.1) is 0 Å². The minimum Gasteiger partial charge on any atom is -0.357 e. The maximum absolute atomic E-state index is 12.0. The predicted molar refractivity (Wildman–Crippen MR) is 60.1 cm³/mol. The molecule has 0 atom stereocenters. The summed E-state index contributed by atoms with van der Waals surface area (Å²) in [5, 5.41) is 0. The Morgan fingerprint density at radius 1 is 1.12 bits per heavy atom. The van der Waals surface area contributed by atoms with E-state index < -0.39 is 5.60 Å². The van der Waals surface area contributed by atoms with Gasteiger partial charge in [0.05, 0.1) is 5.60 Å². The van der Waals surface area contributed by atoms with Crippen molar-refractivity contribution in [2.45, 2.75) is 36.9 Å². The van der Waals surface area contributed by atoms with Crippen LogP contribution in [0.4, 0.5) is 0 Å². The number of hydrogen-bond acceptors (Lipinski definition) is 3. The zero-order chi connectivity index (χ0) is 11.4. The van der Waals surface area contributed by atoms with E-state index in [1.54, 1.807) is 0 Å². The van der Waals surface area contributed by atoms with Gasteiger partial charge in [-0.3, -0.25) is 4.79 Å². The molecule has 0 radical (unpaired) electrons. The Morgan fingerprint density at radius 2 is 1.75 bits per heavy atom. The van der Waals surface area contributed by atoms with Crippen LogP contribution < -0.4 is 0 Å². The minimum atomic E-state index is -0.414. The van der Waals surface area contributed by atoms with Crippen LogP contribution in [0.5, 0.6) is 0 Å². The van der Waals surface area contributed by atoms with E-state index in [2.05, 4.69) is 11.9 Å². The number of likely N-dealkylation sites (N-methyl/N-ethyl adjacent to an activating group) is 1. The third kappa shape index (κ3) is 1.47. The smallest absolute Gasteiger partial charge is 0.254 e. The zero-order valence-corrected chi connectivity index (χ0v) is 10.2. The molecule has 16 heavy (non-hydrogen) atoms. The van der Waals surface area contributed by atoms with E-state index in [1.807, 2.05) is 11.9 Å². The lowest BCUT2D eigenvalue weighted by Crippen LogP contribution is -2.61. The highest BCUT2D eigenvalue weighted by Crippen LogP contribution is 2.49. The molecule has 0 unspecified atom stereocenters. The Balaban J connectivity index is 1.79. The predicted octanol–water partition coefficient (Wildman–Crippen LogP) is 0.472. The van der Waals surface area contributed by atoms with E-state index in [0.29, 0.717) is 0 Å². The van der Waals surface area contributed by atoms with Crippen molar-refractivity contribution in [3.63, 3.8) is 0 Å². The van der Waals surface area contributed by atoms with Crippen LogP contribution in [0.2, 0.25) is 0 Å². The van der Waals surface area contributed by atoms with Gasteiger partial charge in [-0.25, -0.2) is 0 Å². The lowest BCUT2D eigenvalue weighted by atomic mass is 9.88. The molecule has 3 rings (SSSR count). The fourth-order valence-electron chi connectivity index (χ4n) is 3.06. The van der Waals surface area contributed by atoms with Crippen molar-refractivity contribution in [3.05, 3.63) is 0 Å². The third-order valence-electron chi connectivity index (χ3n) is 4.28. The third-order valence-corrected chi connectivity index (χ3v) is 4.28. The van der Waals surface area contributed by atoms with Crippen molar-refractivity contribution < 1.29 is 9.53 Å². The summed E-state index contributed by atoms with van der Waals surface area (Å²) in [5.74, 6) is 0.206. The Bertz CT molecular complexity index is 317. The number of likely N-dealkylation sites (tertiary alicyclic amines) is 1. The number of carbonyl (C=O) groups is 1. The van der Waals surface area contributed by atoms with E-state index in [4.69, 9.17) is 4.74 Å². The highest BCUT2D eigenvalue weighted by Gasteiger charge is 2.60. The molecule has 0 aromatic rings. The van der Waals surface area contributed by atoms with Gasteiger partial charge >= 0.3 is 0 Å². The maximum atomic E-state index is 12.0. The summed E-state index contributed by atoms with van der Waals surface area (Å²) < 4.78 is 6.23. The first-order chi connectivity index (χ1) is 7.55. The van der Waals surface area contributed by atoms with Gasteiger partial charge in [0.2, 0.25) is 0 Å². The molecule has 0 aromatic heterocycles. The van der Waals surface area contributed by atoms with Crippen LogP contribution >= 0.6 is 0 Å². The summed E-state index contributed by atoms with van der Waals surface area (Å²) in [6, 6.07) is 0. The molecule has 2 spiro atoms. The molecule has 0 bridgehead atoms. The number of carbonyl (C=O) groups excluding carboxylic acids is 1. The first-order valence-electron chi connectivity index (χ1n) is 6.20. The minimum absolute atomic E-state index is 0.0499. The quantitative estimate of drug-likeness (QED) is 0.600. The fourth-order valence-corrected chi connectivity index (χ4v) is 3.06. The van der Waals surface area contributed by atoms with E-state index in [0.717, 1.165) is 45.3 Å². The van der Waals surface area contributed by atoms with Gasteiger partial charge in [0.25, 0.3) is 5.91 Å². The molecule has 2 heterocycles. The molecule has 2 aliphatic heterocycles. The van der Waals surface area contributed by atoms with Crippen LogP contribution in [0.25, 0.3) is 0 Å². The molecular formula is C12H20N2O2. The van der Waals surface area contributed by atoms with Crippen molar-refractivity contribution in [2.24, 2.45) is 0 Å². The topological polar surface area (TPSA) is 32.8 Å². The number of piperidine rings is 1. The largest absolute Gasteiger partial charge is 0.357 e. The highest BCUT2D eigenvalue weighted by molar-refractivity contribution is 5.88. The van der Waals surface area contributed by atoms with Gasteiger partial charge in [-0.2, -0.15) is 0 Å². The van der Waals surface area contributed by atoms with Crippen LogP contribution in [-0.4, -0.2) is 60.6 Å². The van der Waals surface area contributed by atoms with Gasteiger partial charge < -0.3 is 14.5 Å². The van der Waals surface area contributed by atoms with E-state index in [1.165, 1.54) is 0 Å². The molecular weight excluding hydrogens is 204 g/mol. The molecule has 1 amide bonds. The summed E-state index contributed by atoms with van der Waals surface area (Å²) in [6.07, 6.45) is 3.97. The monoisotopic (exact) mass is 224 g/mol. The Kier molecular flexibility index (Phi) is 2.11. The van der Waals surface area contributed by atoms with Crippen molar-refractivity contribution in [1.82, 2.24) is 9.80 Å². The number of ether oxygens (including phenoxy) is 1. The molecule has 0 aromatic carbocycles. The summed E-state index contributed by atoms with van der Waals surface area (Å²) in [7, 11) is 4.07. The standard InChI is InChI=1S/C12H20N2O2/c1-13-7-5-11(6-8-13)9-14(2)10(15)12(16-11)3-4-12/h3-9H2,1-2H3. The zero-order valence-electron chi connectivity index (χ0n) is 10.2. The van der Waals surface area contributed by atoms with Gasteiger partial charge in [-0.05, 0) is 32.7 Å². The highest BCUT2D eigenvalue weighted by atomic mass is 16.5. The second-order valence-electron chi connectivity index (χ2n) is 5.74. The Morgan fingerprint density at radius 3 is 2.31 bits per heavy atom. The lowest BCUT2D eigenvalue weighted by molar-refractivity contribution is -0.197. The van der Waals surface area contributed by atoms with Crippen molar-refractivity contribution >= 4 is 5.91 Å². The summed E-state index contributed by atoms with van der Waals surface area (Å²) >= 11 is 0. The van der Waals surface area contributed by atoms with Gasteiger partial charge in [-0.1, -0.05) is 0 Å². The van der Waals surface area contributed by atoms with E-state index in [-0.39, 0.29) is 11.5 Å². The number of hydrogen-bond donors (Lipinski definition) is 0. The molecule has 0 N–H and O–H groups in total. The van der Waals surface area contributed by atoms with Crippen molar-refractivity contribution in [2.75, 3.05) is 33.7 Å². The van der Waals surface area contributed by atoms with E-state index >= 15 is 0 Å². The fraction of sp³-hybridized carbons (Fsp3) is 0.917. The van der Waals surface area contributed by atoms with Gasteiger partial charge in [0.1, 0.15) is 5.60 Å². The molecule has 2 saturated heterocycles. The van der Waals surface area contributed by atoms with Gasteiger partial charge in [0, 0.05) is 26.7 Å². The van der Waals surface area contributed by atoms with Crippen LogP contribution in [0.1, 0.15) is 25.7 Å². The molecule has 4 nitrogen and oxygen atoms in total. The molecule has 3 aliphatic rings. The van der Waals surface area contributed by atoms with Crippen LogP contribution in [0.3, 0.4) is 0 Å². The number of nitrogens with zero attached hydrogens (tertiary/aromatic N) is 2. The average molecular weight is 224 g/mol. The number of morpholine rings is 1. The Labute approximate surface area is 96.5 Å². The normalized spacial score (nSPS) is 32.4. The summed E-state index contributed by atoms with van der Waals surface area (Å²) in [5.41, 5.74) is -0.464. The number of amides is 1. The SMILES string of the molecule is CN1CCC2(CC1)CN(C)C(=O)C1(CC1)O2. The van der Waals surface area contributed by atoms with E-state index in [9.17, 15) is 4.79 Å². The van der Waals surface area contributed by atoms with Gasteiger partial charge in [0.15, 0.2) is 0 Å². The Hall–Kier alpha value is -0.610. The second-order valence-corrected chi connectivity index (χ2v) is 5.74. The lowest BCUT2D eigenvalue weighted by Gasteiger charge is -2.48. The molecule has 1 saturated carbocycles. The molecule has 3 fully saturated rings. The molecule has 90 valence electrons. The van der Waals surface area contributed by atoms with Crippen LogP contribution in [-0.2, 0) is 9.53 Å². The molecule has 1 aliphatic carbocycles. The van der Waals surface area contributed by atoms with Crippen LogP contribution in [0.15, 0.2) is 0 Å². The summed E-state index contributed by atoms with van der Waals surface area (Å²) in [6.45, 7) is 2.94. The first kappa shape index (κ1) is 10.5. The second kappa shape index (κ2) is 3.20. The van der Waals surface area contributed by atoms with Crippen LogP contribution in [0, 0.1) is 0 Å². The first-order valence-corrected chi connectivity index (χ1v) is 6.20. The average Bonchev–Trinajstić information content (AvgIpc) is 3.01. The summed E-state index contributed by atoms with van der Waals surface area (Å²) in [4.78, 5) is 16.2.